The molecule has 1 aliphatic heterocycles. The summed E-state index contributed by atoms with van der Waals surface area (Å²) in [4.78, 5) is 0. The number of hydrogen-bond acceptors (Lipinski definition) is 2. The summed E-state index contributed by atoms with van der Waals surface area (Å²) in [5, 5.41) is 4.02. The van der Waals surface area contributed by atoms with Gasteiger partial charge in [0.15, 0.2) is 0 Å². The molecule has 1 aromatic rings. The molecule has 1 heterocycles. The number of rotatable bonds is 1. The van der Waals surface area contributed by atoms with Crippen molar-refractivity contribution in [2.24, 2.45) is 0 Å². The highest BCUT2D eigenvalue weighted by molar-refractivity contribution is 9.10. The van der Waals surface area contributed by atoms with Crippen molar-refractivity contribution in [3.8, 4) is 0 Å². The maximum Gasteiger partial charge on any atom is 0.128 e. The summed E-state index contributed by atoms with van der Waals surface area (Å²) in [6.45, 7) is 3.15. The number of halogens is 2. The Bertz CT molecular complexity index is 358. The average Bonchev–Trinajstić information content (AvgIpc) is 2.22. The average molecular weight is 290 g/mol. The van der Waals surface area contributed by atoms with Gasteiger partial charge in [0.05, 0.1) is 5.37 Å². The van der Waals surface area contributed by atoms with Crippen LogP contribution in [0.25, 0.3) is 0 Å². The summed E-state index contributed by atoms with van der Waals surface area (Å²) in [7, 11) is 0. The maximum absolute atomic E-state index is 13.6. The van der Waals surface area contributed by atoms with Crippen LogP contribution in [0.5, 0.6) is 0 Å². The molecule has 2 atom stereocenters. The molecular weight excluding hydrogens is 277 g/mol. The van der Waals surface area contributed by atoms with Gasteiger partial charge in [0, 0.05) is 15.3 Å². The van der Waals surface area contributed by atoms with Crippen LogP contribution in [-0.4, -0.2) is 11.8 Å². The van der Waals surface area contributed by atoms with Gasteiger partial charge in [0.2, 0.25) is 0 Å². The van der Waals surface area contributed by atoms with Crippen LogP contribution in [0, 0.1) is 5.82 Å². The molecule has 0 saturated carbocycles. The third kappa shape index (κ3) is 2.74. The van der Waals surface area contributed by atoms with Gasteiger partial charge in [0.25, 0.3) is 0 Å². The van der Waals surface area contributed by atoms with Gasteiger partial charge in [-0.2, -0.15) is 0 Å². The Morgan fingerprint density at radius 3 is 3.07 bits per heavy atom. The second-order valence-corrected chi connectivity index (χ2v) is 6.20. The zero-order valence-electron chi connectivity index (χ0n) is 8.47. The third-order valence-corrected chi connectivity index (χ3v) is 4.38. The number of benzene rings is 1. The molecule has 1 aliphatic rings. The first-order valence-electron chi connectivity index (χ1n) is 5.00. The molecule has 1 saturated heterocycles. The first-order valence-corrected chi connectivity index (χ1v) is 6.74. The molecule has 4 heteroatoms. The van der Waals surface area contributed by atoms with Gasteiger partial charge >= 0.3 is 0 Å². The van der Waals surface area contributed by atoms with Crippen LogP contribution in [-0.2, 0) is 0 Å². The van der Waals surface area contributed by atoms with E-state index >= 15 is 0 Å². The highest BCUT2D eigenvalue weighted by atomic mass is 79.9. The second-order valence-electron chi connectivity index (χ2n) is 3.74. The Morgan fingerprint density at radius 1 is 1.53 bits per heavy atom. The van der Waals surface area contributed by atoms with E-state index in [4.69, 9.17) is 0 Å². The molecule has 0 bridgehead atoms. The van der Waals surface area contributed by atoms with Gasteiger partial charge < -0.3 is 5.32 Å². The molecule has 2 rings (SSSR count). The lowest BCUT2D eigenvalue weighted by Crippen LogP contribution is -2.29. The molecule has 0 spiro atoms. The molecule has 1 N–H and O–H groups in total. The number of thioether (sulfide) groups is 1. The minimum atomic E-state index is -0.127. The van der Waals surface area contributed by atoms with Crippen molar-refractivity contribution in [2.45, 2.75) is 24.0 Å². The second kappa shape index (κ2) is 4.85. The third-order valence-electron chi connectivity index (χ3n) is 2.49. The fourth-order valence-electron chi connectivity index (χ4n) is 1.66. The summed E-state index contributed by atoms with van der Waals surface area (Å²) in [6.07, 6.45) is 1.15. The fraction of sp³-hybridized carbons (Fsp3) is 0.455. The van der Waals surface area contributed by atoms with Crippen LogP contribution < -0.4 is 5.32 Å². The minimum Gasteiger partial charge on any atom is -0.302 e. The van der Waals surface area contributed by atoms with E-state index in [9.17, 15) is 4.39 Å². The van der Waals surface area contributed by atoms with Gasteiger partial charge in [-0.3, -0.25) is 0 Å². The van der Waals surface area contributed by atoms with Crippen LogP contribution in [0.15, 0.2) is 22.7 Å². The Balaban J connectivity index is 2.24. The van der Waals surface area contributed by atoms with E-state index in [1.165, 1.54) is 6.07 Å². The van der Waals surface area contributed by atoms with Crippen molar-refractivity contribution in [2.75, 3.05) is 6.54 Å². The van der Waals surface area contributed by atoms with Gasteiger partial charge in [-0.15, -0.1) is 11.8 Å². The lowest BCUT2D eigenvalue weighted by Gasteiger charge is -2.28. The molecule has 0 amide bonds. The monoisotopic (exact) mass is 289 g/mol. The number of nitrogens with one attached hydrogen (secondary N) is 1. The van der Waals surface area contributed by atoms with Crippen LogP contribution in [0.4, 0.5) is 4.39 Å². The largest absolute Gasteiger partial charge is 0.302 e. The van der Waals surface area contributed by atoms with E-state index in [1.807, 2.05) is 6.07 Å². The van der Waals surface area contributed by atoms with Crippen LogP contribution in [0.2, 0.25) is 0 Å². The van der Waals surface area contributed by atoms with Crippen molar-refractivity contribution < 1.29 is 4.39 Å². The standard InChI is InChI=1S/C11H13BrFNS/c1-7-4-5-14-11(15-7)9-6-8(12)2-3-10(9)13/h2-3,6-7,11,14H,4-5H2,1H3. The van der Waals surface area contributed by atoms with E-state index in [0.717, 1.165) is 23.0 Å². The Labute approximate surface area is 102 Å². The van der Waals surface area contributed by atoms with E-state index in [0.29, 0.717) is 5.25 Å². The van der Waals surface area contributed by atoms with Crippen molar-refractivity contribution in [3.63, 3.8) is 0 Å². The fourth-order valence-corrected chi connectivity index (χ4v) is 3.30. The van der Waals surface area contributed by atoms with E-state index < -0.39 is 0 Å². The predicted molar refractivity (Wildman–Crippen MR) is 66.5 cm³/mol. The lowest BCUT2D eigenvalue weighted by molar-refractivity contribution is 0.560. The summed E-state index contributed by atoms with van der Waals surface area (Å²) in [5.41, 5.74) is 0.751. The SMILES string of the molecule is CC1CCNC(c2cc(Br)ccc2F)S1. The van der Waals surface area contributed by atoms with Gasteiger partial charge in [-0.05, 0) is 31.2 Å². The highest BCUT2D eigenvalue weighted by Gasteiger charge is 2.22. The summed E-state index contributed by atoms with van der Waals surface area (Å²) >= 11 is 5.16. The van der Waals surface area contributed by atoms with Crippen molar-refractivity contribution in [3.05, 3.63) is 34.1 Å². The molecule has 82 valence electrons. The normalized spacial score (nSPS) is 26.6. The van der Waals surface area contributed by atoms with Crippen LogP contribution in [0.1, 0.15) is 24.3 Å². The zero-order chi connectivity index (χ0) is 10.8. The number of hydrogen-bond donors (Lipinski definition) is 1. The topological polar surface area (TPSA) is 12.0 Å². The first kappa shape index (κ1) is 11.4. The molecule has 0 radical (unpaired) electrons. The van der Waals surface area contributed by atoms with E-state index in [1.54, 1.807) is 17.8 Å². The Hall–Kier alpha value is -0.0600. The maximum atomic E-state index is 13.6. The van der Waals surface area contributed by atoms with Gasteiger partial charge in [-0.25, -0.2) is 4.39 Å². The summed E-state index contributed by atoms with van der Waals surface area (Å²) < 4.78 is 14.5. The van der Waals surface area contributed by atoms with E-state index in [-0.39, 0.29) is 11.2 Å². The molecule has 0 aliphatic carbocycles. The Kier molecular flexibility index (Phi) is 3.69. The molecular formula is C11H13BrFNS. The quantitative estimate of drug-likeness (QED) is 0.846. The van der Waals surface area contributed by atoms with Gasteiger partial charge in [0.1, 0.15) is 5.82 Å². The van der Waals surface area contributed by atoms with Crippen molar-refractivity contribution in [1.29, 1.82) is 0 Å². The highest BCUT2D eigenvalue weighted by Crippen LogP contribution is 2.36. The Morgan fingerprint density at radius 2 is 2.33 bits per heavy atom. The smallest absolute Gasteiger partial charge is 0.128 e. The van der Waals surface area contributed by atoms with Crippen LogP contribution >= 0.6 is 27.7 Å². The molecule has 1 aromatic carbocycles. The molecule has 15 heavy (non-hydrogen) atoms. The minimum absolute atomic E-state index is 0.0891. The van der Waals surface area contributed by atoms with E-state index in [2.05, 4.69) is 28.2 Å². The molecule has 1 nitrogen and oxygen atoms in total. The van der Waals surface area contributed by atoms with Crippen LogP contribution in [0.3, 0.4) is 0 Å². The molecule has 1 fully saturated rings. The predicted octanol–water partition coefficient (Wildman–Crippen LogP) is 3.70. The molecule has 2 unspecified atom stereocenters. The first-order chi connectivity index (χ1) is 7.16. The summed E-state index contributed by atoms with van der Waals surface area (Å²) in [5.74, 6) is -0.127. The molecule has 0 aromatic heterocycles. The lowest BCUT2D eigenvalue weighted by atomic mass is 10.2. The van der Waals surface area contributed by atoms with Gasteiger partial charge in [-0.1, -0.05) is 22.9 Å². The van der Waals surface area contributed by atoms with Crippen molar-refractivity contribution >= 4 is 27.7 Å². The van der Waals surface area contributed by atoms with Crippen molar-refractivity contribution in [1.82, 2.24) is 5.32 Å². The zero-order valence-corrected chi connectivity index (χ0v) is 10.9. The summed E-state index contributed by atoms with van der Waals surface area (Å²) in [6, 6.07) is 5.11.